The highest BCUT2D eigenvalue weighted by molar-refractivity contribution is 5.87. The first-order valence-electron chi connectivity index (χ1n) is 9.67. The van der Waals surface area contributed by atoms with Gasteiger partial charge in [0.1, 0.15) is 11.5 Å². The smallest absolute Gasteiger partial charge is 0.140 e. The minimum atomic E-state index is 0.139. The Morgan fingerprint density at radius 2 is 1.96 bits per heavy atom. The number of anilines is 1. The zero-order chi connectivity index (χ0) is 19.7. The zero-order valence-corrected chi connectivity index (χ0v) is 17.2. The van der Waals surface area contributed by atoms with Gasteiger partial charge in [-0.25, -0.2) is 9.97 Å². The molecule has 0 aliphatic heterocycles. The van der Waals surface area contributed by atoms with Crippen LogP contribution < -0.4 is 5.32 Å². The molecule has 0 bridgehead atoms. The fourth-order valence-corrected chi connectivity index (χ4v) is 3.65. The Kier molecular flexibility index (Phi) is 5.51. The maximum absolute atomic E-state index is 9.74. The van der Waals surface area contributed by atoms with E-state index in [0.29, 0.717) is 5.92 Å². The molecule has 0 aliphatic rings. The van der Waals surface area contributed by atoms with Crippen molar-refractivity contribution in [3.63, 3.8) is 0 Å². The molecule has 0 saturated heterocycles. The number of aliphatic hydroxyl groups excluding tert-OH is 1. The number of hydrogen-bond donors (Lipinski definition) is 2. The van der Waals surface area contributed by atoms with Gasteiger partial charge in [-0.15, -0.1) is 0 Å². The van der Waals surface area contributed by atoms with E-state index in [-0.39, 0.29) is 12.5 Å². The van der Waals surface area contributed by atoms with Crippen molar-refractivity contribution in [2.45, 2.75) is 46.0 Å². The second-order valence-corrected chi connectivity index (χ2v) is 7.55. The fraction of sp³-hybridized carbons (Fsp3) is 0.455. The quantitative estimate of drug-likeness (QED) is 0.669. The van der Waals surface area contributed by atoms with Crippen LogP contribution in [0.5, 0.6) is 0 Å². The molecule has 5 nitrogen and oxygen atoms in total. The van der Waals surface area contributed by atoms with Gasteiger partial charge in [0.15, 0.2) is 0 Å². The number of hydrogen-bond acceptors (Lipinski definition) is 4. The fourth-order valence-electron chi connectivity index (χ4n) is 3.65. The summed E-state index contributed by atoms with van der Waals surface area (Å²) < 4.78 is 2.06. The summed E-state index contributed by atoms with van der Waals surface area (Å²) in [6.45, 7) is 8.65. The van der Waals surface area contributed by atoms with Crippen molar-refractivity contribution in [2.24, 2.45) is 7.05 Å². The summed E-state index contributed by atoms with van der Waals surface area (Å²) in [5, 5.41) is 14.1. The Bertz CT molecular complexity index is 955. The van der Waals surface area contributed by atoms with Crippen molar-refractivity contribution in [3.8, 4) is 11.3 Å². The van der Waals surface area contributed by atoms with Crippen LogP contribution in [-0.4, -0.2) is 33.3 Å². The van der Waals surface area contributed by atoms with Gasteiger partial charge in [-0.05, 0) is 48.6 Å². The lowest BCUT2D eigenvalue weighted by Gasteiger charge is -2.14. The average molecular weight is 367 g/mol. The minimum Gasteiger partial charge on any atom is -0.396 e. The van der Waals surface area contributed by atoms with Crippen LogP contribution in [0.25, 0.3) is 22.3 Å². The summed E-state index contributed by atoms with van der Waals surface area (Å²) in [6.07, 6.45) is 3.01. The molecule has 3 aromatic heterocycles. The second kappa shape index (κ2) is 7.69. The number of rotatable bonds is 6. The molecule has 0 aliphatic carbocycles. The Morgan fingerprint density at radius 3 is 2.56 bits per heavy atom. The first kappa shape index (κ1) is 19.4. The number of nitrogens with zero attached hydrogens (tertiary/aromatic N) is 3. The summed E-state index contributed by atoms with van der Waals surface area (Å²) in [4.78, 5) is 9.78. The largest absolute Gasteiger partial charge is 0.396 e. The highest BCUT2D eigenvalue weighted by Gasteiger charge is 2.19. The molecule has 3 aromatic rings. The van der Waals surface area contributed by atoms with Crippen LogP contribution in [0, 0.1) is 6.92 Å². The van der Waals surface area contributed by atoms with Gasteiger partial charge in [0.25, 0.3) is 0 Å². The molecule has 0 amide bonds. The molecule has 27 heavy (non-hydrogen) atoms. The Labute approximate surface area is 161 Å². The van der Waals surface area contributed by atoms with Gasteiger partial charge in [0.05, 0.1) is 5.69 Å². The predicted molar refractivity (Wildman–Crippen MR) is 112 cm³/mol. The van der Waals surface area contributed by atoms with E-state index in [9.17, 15) is 5.11 Å². The maximum Gasteiger partial charge on any atom is 0.140 e. The molecule has 1 atom stereocenters. The summed E-state index contributed by atoms with van der Waals surface area (Å²) in [6, 6.07) is 6.39. The third kappa shape index (κ3) is 3.44. The topological polar surface area (TPSA) is 63.0 Å². The van der Waals surface area contributed by atoms with E-state index in [0.717, 1.165) is 45.8 Å². The highest BCUT2D eigenvalue weighted by atomic mass is 16.3. The molecule has 0 saturated carbocycles. The normalized spacial score (nSPS) is 12.7. The van der Waals surface area contributed by atoms with Gasteiger partial charge in [0.2, 0.25) is 0 Å². The summed E-state index contributed by atoms with van der Waals surface area (Å²) in [7, 11) is 3.92. The van der Waals surface area contributed by atoms with Crippen LogP contribution in [0.15, 0.2) is 24.4 Å². The lowest BCUT2D eigenvalue weighted by atomic mass is 9.96. The third-order valence-electron chi connectivity index (χ3n) is 5.32. The van der Waals surface area contributed by atoms with Gasteiger partial charge in [0, 0.05) is 49.5 Å². The van der Waals surface area contributed by atoms with E-state index in [1.165, 1.54) is 5.56 Å². The molecular weight excluding hydrogens is 336 g/mol. The molecule has 5 heteroatoms. The van der Waals surface area contributed by atoms with E-state index >= 15 is 0 Å². The number of aliphatic hydroxyl groups is 1. The van der Waals surface area contributed by atoms with Crippen molar-refractivity contribution < 1.29 is 5.11 Å². The number of pyridine rings is 2. The van der Waals surface area contributed by atoms with E-state index in [4.69, 9.17) is 9.97 Å². The van der Waals surface area contributed by atoms with Crippen molar-refractivity contribution in [3.05, 3.63) is 41.2 Å². The molecule has 0 fully saturated rings. The van der Waals surface area contributed by atoms with Crippen LogP contribution in [0.1, 0.15) is 55.8 Å². The monoisotopic (exact) mass is 366 g/mol. The molecule has 3 heterocycles. The van der Waals surface area contributed by atoms with Crippen LogP contribution >= 0.6 is 0 Å². The zero-order valence-electron chi connectivity index (χ0n) is 17.2. The number of aryl methyl sites for hydroxylation is 2. The highest BCUT2D eigenvalue weighted by Crippen LogP contribution is 2.34. The lowest BCUT2D eigenvalue weighted by Crippen LogP contribution is -2.03. The average Bonchev–Trinajstić information content (AvgIpc) is 2.97. The molecule has 2 N–H and O–H groups in total. The standard InChI is InChI=1S/C22H30N4O/c1-7-15(12-27)18-11-26(6)22-17(18)10-14(4)20(25-22)16-8-9-19(13(2)3)24-21(16)23-5/h8-11,13,15,27H,7,12H2,1-6H3,(H,23,24)/t15-/m1/s1. The molecule has 0 unspecified atom stereocenters. The van der Waals surface area contributed by atoms with Crippen LogP contribution in [0.2, 0.25) is 0 Å². The van der Waals surface area contributed by atoms with E-state index < -0.39 is 0 Å². The van der Waals surface area contributed by atoms with Crippen LogP contribution in [0.4, 0.5) is 5.82 Å². The van der Waals surface area contributed by atoms with Crippen molar-refractivity contribution >= 4 is 16.9 Å². The predicted octanol–water partition coefficient (Wildman–Crippen LogP) is 4.59. The van der Waals surface area contributed by atoms with Crippen LogP contribution in [0.3, 0.4) is 0 Å². The maximum atomic E-state index is 9.74. The van der Waals surface area contributed by atoms with Crippen molar-refractivity contribution in [2.75, 3.05) is 19.0 Å². The Hall–Kier alpha value is -2.40. The van der Waals surface area contributed by atoms with Crippen molar-refractivity contribution in [1.29, 1.82) is 0 Å². The first-order chi connectivity index (χ1) is 12.9. The Balaban J connectivity index is 2.20. The molecule has 0 aromatic carbocycles. The molecule has 0 spiro atoms. The SMILES string of the molecule is CC[C@H](CO)c1cn(C)c2nc(-c3ccc(C(C)C)nc3NC)c(C)cc12. The van der Waals surface area contributed by atoms with E-state index in [1.807, 2.05) is 14.1 Å². The Morgan fingerprint density at radius 1 is 1.22 bits per heavy atom. The lowest BCUT2D eigenvalue weighted by molar-refractivity contribution is 0.263. The minimum absolute atomic E-state index is 0.139. The van der Waals surface area contributed by atoms with Crippen molar-refractivity contribution in [1.82, 2.24) is 14.5 Å². The molecule has 3 rings (SSSR count). The second-order valence-electron chi connectivity index (χ2n) is 7.55. The number of aromatic nitrogens is 3. The van der Waals surface area contributed by atoms with Gasteiger partial charge < -0.3 is 15.0 Å². The van der Waals surface area contributed by atoms with Gasteiger partial charge in [-0.1, -0.05) is 20.8 Å². The number of fused-ring (bicyclic) bond motifs is 1. The summed E-state index contributed by atoms with van der Waals surface area (Å²) in [5.74, 6) is 1.37. The van der Waals surface area contributed by atoms with Gasteiger partial charge in [-0.3, -0.25) is 0 Å². The summed E-state index contributed by atoms with van der Waals surface area (Å²) in [5.41, 5.74) is 6.24. The van der Waals surface area contributed by atoms with E-state index in [2.05, 4.69) is 62.0 Å². The molecule has 144 valence electrons. The van der Waals surface area contributed by atoms with E-state index in [1.54, 1.807) is 0 Å². The number of nitrogens with one attached hydrogen (secondary N) is 1. The van der Waals surface area contributed by atoms with Crippen LogP contribution in [-0.2, 0) is 7.05 Å². The van der Waals surface area contributed by atoms with Gasteiger partial charge >= 0.3 is 0 Å². The molecule has 0 radical (unpaired) electrons. The third-order valence-corrected chi connectivity index (χ3v) is 5.32. The van der Waals surface area contributed by atoms with Gasteiger partial charge in [-0.2, -0.15) is 0 Å². The molecular formula is C22H30N4O. The summed E-state index contributed by atoms with van der Waals surface area (Å²) >= 11 is 0. The first-order valence-corrected chi connectivity index (χ1v) is 9.67.